The fourth-order valence-corrected chi connectivity index (χ4v) is 4.15. The summed E-state index contributed by atoms with van der Waals surface area (Å²) in [5.41, 5.74) is 22.4. The molecule has 0 aromatic heterocycles. The number of nitrogens with zero attached hydrogens (tertiary/aromatic N) is 1. The minimum Gasteiger partial charge on any atom is -0.370 e. The molecule has 2 atom stereocenters. The summed E-state index contributed by atoms with van der Waals surface area (Å²) in [6, 6.07) is 11.6. The highest BCUT2D eigenvalue weighted by atomic mass is 16.2. The average molecular weight is 541 g/mol. The maximum Gasteiger partial charge on any atom is 0.251 e. The molecule has 0 saturated heterocycles. The second-order valence-electron chi connectivity index (χ2n) is 9.52. The summed E-state index contributed by atoms with van der Waals surface area (Å²) < 4.78 is 0. The number of nitrogens with two attached hydrogens (primary N) is 4. The van der Waals surface area contributed by atoms with Crippen LogP contribution < -0.4 is 38.9 Å². The summed E-state index contributed by atoms with van der Waals surface area (Å²) in [5.74, 6) is -0.986. The molecule has 2 rings (SSSR count). The molecule has 39 heavy (non-hydrogen) atoms. The Morgan fingerprint density at radius 1 is 0.744 bits per heavy atom. The number of carbonyl (C=O) groups is 3. The lowest BCUT2D eigenvalue weighted by Gasteiger charge is -2.23. The molecule has 0 aliphatic rings. The van der Waals surface area contributed by atoms with E-state index in [1.54, 1.807) is 12.1 Å². The van der Waals surface area contributed by atoms with E-state index in [4.69, 9.17) is 22.9 Å². The number of fused-ring (bicyclic) bond motifs is 1. The topological polar surface area (TPSA) is 204 Å². The zero-order chi connectivity index (χ0) is 28.5. The fraction of sp³-hybridized carbons (Fsp3) is 0.500. The first kappa shape index (κ1) is 31.5. The van der Waals surface area contributed by atoms with E-state index in [9.17, 15) is 14.4 Å². The van der Waals surface area contributed by atoms with Gasteiger partial charge in [-0.1, -0.05) is 30.3 Å². The monoisotopic (exact) mass is 540 g/mol. The molecule has 11 heteroatoms. The zero-order valence-electron chi connectivity index (χ0n) is 22.7. The van der Waals surface area contributed by atoms with Crippen molar-refractivity contribution in [1.29, 1.82) is 0 Å². The van der Waals surface area contributed by atoms with Gasteiger partial charge in [-0.15, -0.1) is 0 Å². The maximum absolute atomic E-state index is 13.3. The summed E-state index contributed by atoms with van der Waals surface area (Å²) in [7, 11) is 0. The van der Waals surface area contributed by atoms with Gasteiger partial charge >= 0.3 is 0 Å². The fourth-order valence-electron chi connectivity index (χ4n) is 4.15. The first-order valence-corrected chi connectivity index (χ1v) is 13.7. The lowest BCUT2D eigenvalue weighted by Crippen LogP contribution is -2.53. The van der Waals surface area contributed by atoms with E-state index in [1.165, 1.54) is 0 Å². The van der Waals surface area contributed by atoms with Crippen LogP contribution in [-0.4, -0.2) is 61.9 Å². The summed E-state index contributed by atoms with van der Waals surface area (Å²) in [5, 5.41) is 10.6. The highest BCUT2D eigenvalue weighted by Crippen LogP contribution is 2.16. The molecule has 0 heterocycles. The lowest BCUT2D eigenvalue weighted by atomic mass is 10.0. The molecule has 0 bridgehead atoms. The van der Waals surface area contributed by atoms with E-state index >= 15 is 0 Å². The predicted molar refractivity (Wildman–Crippen MR) is 156 cm³/mol. The third-order valence-electron chi connectivity index (χ3n) is 6.34. The van der Waals surface area contributed by atoms with Crippen LogP contribution in [0.1, 0.15) is 61.7 Å². The predicted octanol–water partition coefficient (Wildman–Crippen LogP) is 0.851. The molecule has 0 fully saturated rings. The third kappa shape index (κ3) is 11.7. The number of hydrogen-bond donors (Lipinski definition) is 7. The number of hydrogen-bond acceptors (Lipinski definition) is 6. The van der Waals surface area contributed by atoms with Crippen LogP contribution in [0.2, 0.25) is 0 Å². The van der Waals surface area contributed by atoms with Crippen LogP contribution >= 0.6 is 0 Å². The molecule has 2 aromatic rings. The molecular formula is C28H44N8O3. The molecule has 0 spiro atoms. The first-order valence-electron chi connectivity index (χ1n) is 13.7. The minimum absolute atomic E-state index is 0.0374. The van der Waals surface area contributed by atoms with Gasteiger partial charge in [0.25, 0.3) is 5.91 Å². The van der Waals surface area contributed by atoms with E-state index in [2.05, 4.69) is 20.9 Å². The van der Waals surface area contributed by atoms with Crippen LogP contribution in [0, 0.1) is 0 Å². The van der Waals surface area contributed by atoms with Crippen LogP contribution in [0.3, 0.4) is 0 Å². The minimum atomic E-state index is -0.806. The molecule has 11 nitrogen and oxygen atoms in total. The van der Waals surface area contributed by atoms with Gasteiger partial charge in [0, 0.05) is 18.7 Å². The van der Waals surface area contributed by atoms with Crippen molar-refractivity contribution in [2.45, 2.75) is 63.5 Å². The Bertz CT molecular complexity index is 1090. The van der Waals surface area contributed by atoms with Crippen molar-refractivity contribution in [3.8, 4) is 0 Å². The quantitative estimate of drug-likeness (QED) is 0.0824. The molecular weight excluding hydrogens is 496 g/mol. The number of guanidine groups is 1. The lowest BCUT2D eigenvalue weighted by molar-refractivity contribution is -0.130. The highest BCUT2D eigenvalue weighted by Gasteiger charge is 2.26. The molecule has 0 aliphatic heterocycles. The molecule has 0 aliphatic carbocycles. The van der Waals surface area contributed by atoms with Crippen molar-refractivity contribution in [2.75, 3.05) is 26.2 Å². The third-order valence-corrected chi connectivity index (χ3v) is 6.34. The van der Waals surface area contributed by atoms with E-state index in [1.807, 2.05) is 30.3 Å². The van der Waals surface area contributed by atoms with Crippen molar-refractivity contribution in [2.24, 2.45) is 27.9 Å². The second-order valence-corrected chi connectivity index (χ2v) is 9.52. The number of unbranched alkanes of at least 4 members (excludes halogenated alkanes) is 3. The molecule has 0 unspecified atom stereocenters. The summed E-state index contributed by atoms with van der Waals surface area (Å²) >= 11 is 0. The van der Waals surface area contributed by atoms with Crippen LogP contribution in [0.15, 0.2) is 47.5 Å². The number of nitrogens with one attached hydrogen (secondary N) is 3. The highest BCUT2D eigenvalue weighted by molar-refractivity contribution is 6.01. The Kier molecular flexibility index (Phi) is 14.3. The van der Waals surface area contributed by atoms with Gasteiger partial charge in [0.1, 0.15) is 12.1 Å². The summed E-state index contributed by atoms with van der Waals surface area (Å²) in [6.45, 7) is 1.90. The number of amides is 3. The van der Waals surface area contributed by atoms with E-state index in [-0.39, 0.29) is 17.8 Å². The Morgan fingerprint density at radius 3 is 2.03 bits per heavy atom. The molecule has 2 aromatic carbocycles. The van der Waals surface area contributed by atoms with Crippen molar-refractivity contribution in [3.05, 3.63) is 48.0 Å². The van der Waals surface area contributed by atoms with E-state index in [0.717, 1.165) is 23.6 Å². The number of rotatable bonds is 18. The standard InChI is InChI=1S/C28H44N8O3/c29-15-5-3-11-23(26(38)33-17-7-8-18-34-28(31)32)36-27(39)24(12-4-6-16-30)35-25(37)22-14-13-20-9-1-2-10-21(20)19-22/h1-2,9-10,13-14,19,23-24H,3-8,11-12,15-18,29-30H2,(H,33,38)(H,35,37)(H,36,39)(H4,31,32,34)/t23-,24-/m0/s1. The normalized spacial score (nSPS) is 12.4. The van der Waals surface area contributed by atoms with Gasteiger partial charge in [0.05, 0.1) is 0 Å². The van der Waals surface area contributed by atoms with Gasteiger partial charge in [-0.25, -0.2) is 0 Å². The Balaban J connectivity index is 2.05. The Hall–Kier alpha value is -3.70. The smallest absolute Gasteiger partial charge is 0.251 e. The summed E-state index contributed by atoms with van der Waals surface area (Å²) in [4.78, 5) is 43.3. The van der Waals surface area contributed by atoms with Gasteiger partial charge in [-0.2, -0.15) is 0 Å². The van der Waals surface area contributed by atoms with Crippen molar-refractivity contribution in [3.63, 3.8) is 0 Å². The number of aliphatic imine (C=N–C) groups is 1. The largest absolute Gasteiger partial charge is 0.370 e. The average Bonchev–Trinajstić information content (AvgIpc) is 2.93. The second kappa shape index (κ2) is 17.7. The van der Waals surface area contributed by atoms with Gasteiger partial charge in [-0.05, 0) is 87.4 Å². The van der Waals surface area contributed by atoms with E-state index in [0.29, 0.717) is 70.3 Å². The Morgan fingerprint density at radius 2 is 1.38 bits per heavy atom. The van der Waals surface area contributed by atoms with Crippen LogP contribution in [0.5, 0.6) is 0 Å². The van der Waals surface area contributed by atoms with Gasteiger partial charge in [-0.3, -0.25) is 19.4 Å². The van der Waals surface area contributed by atoms with Gasteiger partial charge < -0.3 is 38.9 Å². The molecule has 0 radical (unpaired) electrons. The van der Waals surface area contributed by atoms with Crippen LogP contribution in [0.25, 0.3) is 10.8 Å². The van der Waals surface area contributed by atoms with Gasteiger partial charge in [0.15, 0.2) is 5.96 Å². The maximum atomic E-state index is 13.3. The van der Waals surface area contributed by atoms with Crippen molar-refractivity contribution < 1.29 is 14.4 Å². The van der Waals surface area contributed by atoms with E-state index < -0.39 is 18.0 Å². The van der Waals surface area contributed by atoms with Crippen molar-refractivity contribution >= 4 is 34.5 Å². The molecule has 3 amide bonds. The van der Waals surface area contributed by atoms with Crippen LogP contribution in [0.4, 0.5) is 0 Å². The number of carbonyl (C=O) groups excluding carboxylic acids is 3. The SMILES string of the molecule is NCCCC[C@H](NC(=O)c1ccc2ccccc2c1)C(=O)N[C@@H](CCCCN)C(=O)NCCCCN=C(N)N. The van der Waals surface area contributed by atoms with Gasteiger partial charge in [0.2, 0.25) is 11.8 Å². The van der Waals surface area contributed by atoms with Crippen LogP contribution in [-0.2, 0) is 9.59 Å². The van der Waals surface area contributed by atoms with Crippen molar-refractivity contribution in [1.82, 2.24) is 16.0 Å². The molecule has 0 saturated carbocycles. The molecule has 11 N–H and O–H groups in total. The zero-order valence-corrected chi connectivity index (χ0v) is 22.7. The Labute approximate surface area is 230 Å². The molecule has 214 valence electrons. The summed E-state index contributed by atoms with van der Waals surface area (Å²) in [6.07, 6.45) is 5.04. The first-order chi connectivity index (χ1) is 18.8. The number of benzene rings is 2.